The van der Waals surface area contributed by atoms with Crippen LogP contribution >= 0.6 is 0 Å². The van der Waals surface area contributed by atoms with Gasteiger partial charge in [-0.2, -0.15) is 0 Å². The fraction of sp³-hybridized carbons (Fsp3) is 0.533. The summed E-state index contributed by atoms with van der Waals surface area (Å²) in [5.41, 5.74) is 0.694. The molecule has 1 aliphatic heterocycles. The first-order chi connectivity index (χ1) is 8.58. The minimum atomic E-state index is -0.439. The quantitative estimate of drug-likeness (QED) is 0.822. The summed E-state index contributed by atoms with van der Waals surface area (Å²) >= 11 is 0. The monoisotopic (exact) mass is 248 g/mol. The predicted octanol–water partition coefficient (Wildman–Crippen LogP) is 2.73. The van der Waals surface area contributed by atoms with E-state index in [0.29, 0.717) is 26.1 Å². The topological polar surface area (TPSA) is 35.5 Å². The van der Waals surface area contributed by atoms with Gasteiger partial charge >= 0.3 is 0 Å². The summed E-state index contributed by atoms with van der Waals surface area (Å²) in [5, 5.41) is 0. The minimum absolute atomic E-state index is 0.137. The highest BCUT2D eigenvalue weighted by molar-refractivity contribution is 5.79. The van der Waals surface area contributed by atoms with Crippen molar-refractivity contribution in [3.8, 4) is 0 Å². The zero-order chi connectivity index (χ0) is 13.0. The molecule has 0 aromatic heterocycles. The lowest BCUT2D eigenvalue weighted by Gasteiger charge is -2.36. The van der Waals surface area contributed by atoms with Crippen LogP contribution in [0.3, 0.4) is 0 Å². The molecule has 0 N–H and O–H groups in total. The lowest BCUT2D eigenvalue weighted by molar-refractivity contribution is -0.159. The summed E-state index contributed by atoms with van der Waals surface area (Å²) in [5.74, 6) is 0.266. The molecule has 0 saturated carbocycles. The van der Waals surface area contributed by atoms with Crippen LogP contribution in [0.1, 0.15) is 32.3 Å². The van der Waals surface area contributed by atoms with Crippen molar-refractivity contribution >= 4 is 5.78 Å². The Morgan fingerprint density at radius 2 is 2.06 bits per heavy atom. The number of Topliss-reactive ketones (excluding diaryl/α,β-unsaturated/α-hetero) is 1. The Kier molecular flexibility index (Phi) is 4.15. The van der Waals surface area contributed by atoms with Crippen molar-refractivity contribution in [1.29, 1.82) is 0 Å². The van der Waals surface area contributed by atoms with Crippen molar-refractivity contribution in [2.75, 3.05) is 6.61 Å². The van der Waals surface area contributed by atoms with E-state index >= 15 is 0 Å². The van der Waals surface area contributed by atoms with Crippen LogP contribution in [-0.2, 0) is 20.9 Å². The Bertz CT molecular complexity index is 397. The van der Waals surface area contributed by atoms with Gasteiger partial charge in [-0.25, -0.2) is 0 Å². The highest BCUT2D eigenvalue weighted by atomic mass is 16.5. The number of benzene rings is 1. The van der Waals surface area contributed by atoms with Crippen molar-refractivity contribution < 1.29 is 14.3 Å². The second-order valence-electron chi connectivity index (χ2n) is 5.23. The Labute approximate surface area is 108 Å². The summed E-state index contributed by atoms with van der Waals surface area (Å²) in [4.78, 5) is 11.5. The molecule has 0 aliphatic carbocycles. The molecule has 3 heteroatoms. The van der Waals surface area contributed by atoms with Gasteiger partial charge in [0.25, 0.3) is 0 Å². The molecule has 1 saturated heterocycles. The van der Waals surface area contributed by atoms with E-state index in [-0.39, 0.29) is 11.9 Å². The first kappa shape index (κ1) is 13.2. The third kappa shape index (κ3) is 3.40. The van der Waals surface area contributed by atoms with Gasteiger partial charge in [0.2, 0.25) is 0 Å². The summed E-state index contributed by atoms with van der Waals surface area (Å²) < 4.78 is 11.6. The van der Waals surface area contributed by atoms with Crippen molar-refractivity contribution in [3.63, 3.8) is 0 Å². The van der Waals surface area contributed by atoms with E-state index in [1.807, 2.05) is 44.2 Å². The van der Waals surface area contributed by atoms with Crippen LogP contribution in [0, 0.1) is 0 Å². The van der Waals surface area contributed by atoms with Gasteiger partial charge in [0, 0.05) is 12.8 Å². The van der Waals surface area contributed by atoms with Crippen LogP contribution in [0.5, 0.6) is 0 Å². The van der Waals surface area contributed by atoms with Gasteiger partial charge in [0.15, 0.2) is 0 Å². The average Bonchev–Trinajstić information content (AvgIpc) is 2.38. The second-order valence-corrected chi connectivity index (χ2v) is 5.23. The summed E-state index contributed by atoms with van der Waals surface area (Å²) in [6, 6.07) is 10.0. The van der Waals surface area contributed by atoms with Gasteiger partial charge in [0.05, 0.1) is 24.9 Å². The molecule has 1 fully saturated rings. The van der Waals surface area contributed by atoms with Crippen molar-refractivity contribution in [1.82, 2.24) is 0 Å². The van der Waals surface area contributed by atoms with Gasteiger partial charge in [0.1, 0.15) is 5.78 Å². The molecule has 1 heterocycles. The maximum absolute atomic E-state index is 11.5. The average molecular weight is 248 g/mol. The standard InChI is InChI=1S/C15H20O3/c1-15(2,14-10-13(16)8-9-17-14)18-11-12-6-4-3-5-7-12/h3-7,14H,8-11H2,1-2H3. The third-order valence-electron chi connectivity index (χ3n) is 3.34. The molecule has 1 atom stereocenters. The van der Waals surface area contributed by atoms with Crippen LogP contribution < -0.4 is 0 Å². The fourth-order valence-electron chi connectivity index (χ4n) is 2.07. The largest absolute Gasteiger partial charge is 0.374 e. The molecule has 1 aromatic rings. The Balaban J connectivity index is 1.92. The van der Waals surface area contributed by atoms with E-state index in [0.717, 1.165) is 5.56 Å². The number of hydrogen-bond acceptors (Lipinski definition) is 3. The van der Waals surface area contributed by atoms with Crippen LogP contribution in [-0.4, -0.2) is 24.1 Å². The van der Waals surface area contributed by atoms with E-state index in [9.17, 15) is 4.79 Å². The molecule has 1 aromatic carbocycles. The minimum Gasteiger partial charge on any atom is -0.374 e. The first-order valence-electron chi connectivity index (χ1n) is 6.39. The molecular formula is C15H20O3. The highest BCUT2D eigenvalue weighted by Crippen LogP contribution is 2.26. The summed E-state index contributed by atoms with van der Waals surface area (Å²) in [7, 11) is 0. The van der Waals surface area contributed by atoms with E-state index in [4.69, 9.17) is 9.47 Å². The number of ether oxygens (including phenoxy) is 2. The molecule has 1 unspecified atom stereocenters. The van der Waals surface area contributed by atoms with Gasteiger partial charge in [-0.1, -0.05) is 30.3 Å². The molecule has 98 valence electrons. The molecule has 1 aliphatic rings. The van der Waals surface area contributed by atoms with Crippen molar-refractivity contribution in [2.24, 2.45) is 0 Å². The maximum Gasteiger partial charge on any atom is 0.137 e. The lowest BCUT2D eigenvalue weighted by atomic mass is 9.93. The van der Waals surface area contributed by atoms with Gasteiger partial charge in [-0.15, -0.1) is 0 Å². The van der Waals surface area contributed by atoms with E-state index in [1.165, 1.54) is 0 Å². The van der Waals surface area contributed by atoms with Crippen molar-refractivity contribution in [3.05, 3.63) is 35.9 Å². The number of carbonyl (C=O) groups excluding carboxylic acids is 1. The van der Waals surface area contributed by atoms with Crippen molar-refractivity contribution in [2.45, 2.75) is 45.0 Å². The van der Waals surface area contributed by atoms with E-state index in [2.05, 4.69) is 0 Å². The molecule has 0 spiro atoms. The number of carbonyl (C=O) groups is 1. The Morgan fingerprint density at radius 3 is 2.72 bits per heavy atom. The van der Waals surface area contributed by atoms with E-state index < -0.39 is 5.60 Å². The first-order valence-corrected chi connectivity index (χ1v) is 6.39. The smallest absolute Gasteiger partial charge is 0.137 e. The molecule has 18 heavy (non-hydrogen) atoms. The molecule has 0 bridgehead atoms. The third-order valence-corrected chi connectivity index (χ3v) is 3.34. The van der Waals surface area contributed by atoms with Crippen LogP contribution in [0.4, 0.5) is 0 Å². The van der Waals surface area contributed by atoms with Gasteiger partial charge in [-0.05, 0) is 19.4 Å². The van der Waals surface area contributed by atoms with E-state index in [1.54, 1.807) is 0 Å². The molecule has 3 nitrogen and oxygen atoms in total. The van der Waals surface area contributed by atoms with Crippen LogP contribution in [0.25, 0.3) is 0 Å². The SMILES string of the molecule is CC(C)(OCc1ccccc1)C1CC(=O)CCO1. The van der Waals surface area contributed by atoms with Gasteiger partial charge < -0.3 is 9.47 Å². The van der Waals surface area contributed by atoms with Gasteiger partial charge in [-0.3, -0.25) is 4.79 Å². The molecular weight excluding hydrogens is 228 g/mol. The normalized spacial score (nSPS) is 21.0. The number of hydrogen-bond donors (Lipinski definition) is 0. The lowest BCUT2D eigenvalue weighted by Crippen LogP contribution is -2.44. The zero-order valence-corrected chi connectivity index (χ0v) is 11.0. The predicted molar refractivity (Wildman–Crippen MR) is 69.3 cm³/mol. The second kappa shape index (κ2) is 5.63. The number of ketones is 1. The zero-order valence-electron chi connectivity index (χ0n) is 11.0. The number of rotatable bonds is 4. The molecule has 0 amide bonds. The summed E-state index contributed by atoms with van der Waals surface area (Å²) in [6.07, 6.45) is 0.857. The van der Waals surface area contributed by atoms with Crippen LogP contribution in [0.2, 0.25) is 0 Å². The molecule has 2 rings (SSSR count). The summed E-state index contributed by atoms with van der Waals surface area (Å²) in [6.45, 7) is 5.03. The Hall–Kier alpha value is -1.19. The van der Waals surface area contributed by atoms with Crippen LogP contribution in [0.15, 0.2) is 30.3 Å². The molecule has 0 radical (unpaired) electrons. The fourth-order valence-corrected chi connectivity index (χ4v) is 2.07. The Morgan fingerprint density at radius 1 is 1.33 bits per heavy atom. The maximum atomic E-state index is 11.5. The highest BCUT2D eigenvalue weighted by Gasteiger charge is 2.35.